The lowest BCUT2D eigenvalue weighted by Gasteiger charge is -2.21. The van der Waals surface area contributed by atoms with Crippen LogP contribution in [0.25, 0.3) is 0 Å². The Kier molecular flexibility index (Phi) is 5.87. The van der Waals surface area contributed by atoms with E-state index in [2.05, 4.69) is 11.4 Å². The van der Waals surface area contributed by atoms with Gasteiger partial charge in [0.25, 0.3) is 0 Å². The van der Waals surface area contributed by atoms with Crippen LogP contribution < -0.4 is 5.32 Å². The van der Waals surface area contributed by atoms with Crippen molar-refractivity contribution in [2.75, 3.05) is 44.4 Å². The number of amides is 2. The molecule has 0 aliphatic carbocycles. The largest absolute Gasteiger partial charge is 0.377 e. The number of carbonyl (C=O) groups is 1. The number of nitrogens with one attached hydrogen (secondary N) is 1. The summed E-state index contributed by atoms with van der Waals surface area (Å²) in [5, 5.41) is 3.02. The van der Waals surface area contributed by atoms with Gasteiger partial charge in [0.2, 0.25) is 0 Å². The highest BCUT2D eigenvalue weighted by Gasteiger charge is 2.15. The molecule has 2 aliphatic rings. The number of carbonyl (C=O) groups excluding carboxylic acids is 1. The predicted octanol–water partition coefficient (Wildman–Crippen LogP) is 1.87. The summed E-state index contributed by atoms with van der Waals surface area (Å²) in [6.07, 6.45) is 5.22. The van der Waals surface area contributed by atoms with E-state index in [4.69, 9.17) is 4.74 Å². The zero-order chi connectivity index (χ0) is 12.6. The van der Waals surface area contributed by atoms with Crippen molar-refractivity contribution in [1.29, 1.82) is 0 Å². The summed E-state index contributed by atoms with van der Waals surface area (Å²) in [5.41, 5.74) is 1.41. The van der Waals surface area contributed by atoms with E-state index < -0.39 is 0 Å². The summed E-state index contributed by atoms with van der Waals surface area (Å²) < 4.78 is 5.26. The van der Waals surface area contributed by atoms with Gasteiger partial charge < -0.3 is 15.0 Å². The predicted molar refractivity (Wildman–Crippen MR) is 75.0 cm³/mol. The van der Waals surface area contributed by atoms with Crippen LogP contribution in [-0.2, 0) is 4.74 Å². The molecule has 1 N–H and O–H groups in total. The second-order valence-corrected chi connectivity index (χ2v) is 5.85. The second kappa shape index (κ2) is 7.69. The van der Waals surface area contributed by atoms with Crippen molar-refractivity contribution in [2.24, 2.45) is 0 Å². The van der Waals surface area contributed by atoms with Crippen LogP contribution in [0, 0.1) is 0 Å². The first-order valence-corrected chi connectivity index (χ1v) is 7.88. The van der Waals surface area contributed by atoms with Gasteiger partial charge in [-0.2, -0.15) is 11.8 Å². The Balaban J connectivity index is 1.65. The third-order valence-corrected chi connectivity index (χ3v) is 4.34. The van der Waals surface area contributed by atoms with Gasteiger partial charge in [0.15, 0.2) is 0 Å². The van der Waals surface area contributed by atoms with Gasteiger partial charge in [-0.05, 0) is 25.0 Å². The monoisotopic (exact) mass is 270 g/mol. The van der Waals surface area contributed by atoms with E-state index in [1.54, 1.807) is 0 Å². The van der Waals surface area contributed by atoms with Gasteiger partial charge >= 0.3 is 6.03 Å². The lowest BCUT2D eigenvalue weighted by atomic mass is 10.1. The third-order valence-electron chi connectivity index (χ3n) is 3.29. The molecule has 0 bridgehead atoms. The minimum absolute atomic E-state index is 0.102. The molecule has 2 rings (SSSR count). The first-order valence-electron chi connectivity index (χ1n) is 6.72. The first kappa shape index (κ1) is 13.7. The molecule has 0 unspecified atom stereocenters. The van der Waals surface area contributed by atoms with Crippen LogP contribution in [0.2, 0.25) is 0 Å². The van der Waals surface area contributed by atoms with Crippen molar-refractivity contribution in [3.63, 3.8) is 0 Å². The fourth-order valence-corrected chi connectivity index (χ4v) is 3.07. The normalized spacial score (nSPS) is 21.1. The fraction of sp³-hybridized carbons (Fsp3) is 0.769. The molecule has 18 heavy (non-hydrogen) atoms. The molecule has 1 fully saturated rings. The maximum absolute atomic E-state index is 12.0. The van der Waals surface area contributed by atoms with Crippen LogP contribution in [0.3, 0.4) is 0 Å². The lowest BCUT2D eigenvalue weighted by molar-refractivity contribution is 0.153. The van der Waals surface area contributed by atoms with Gasteiger partial charge in [-0.25, -0.2) is 4.79 Å². The maximum atomic E-state index is 12.0. The number of urea groups is 1. The van der Waals surface area contributed by atoms with E-state index in [1.165, 1.54) is 11.3 Å². The number of nitrogens with zero attached hydrogens (tertiary/aromatic N) is 1. The quantitative estimate of drug-likeness (QED) is 0.796. The topological polar surface area (TPSA) is 41.6 Å². The van der Waals surface area contributed by atoms with Crippen molar-refractivity contribution >= 4 is 17.8 Å². The fourth-order valence-electron chi connectivity index (χ4n) is 2.18. The molecule has 0 atom stereocenters. The average molecular weight is 270 g/mol. The van der Waals surface area contributed by atoms with Crippen molar-refractivity contribution in [3.8, 4) is 0 Å². The highest BCUT2D eigenvalue weighted by molar-refractivity contribution is 7.99. The van der Waals surface area contributed by atoms with Crippen LogP contribution in [0.4, 0.5) is 4.79 Å². The Labute approximate surface area is 113 Å². The lowest BCUT2D eigenvalue weighted by Crippen LogP contribution is -2.41. The van der Waals surface area contributed by atoms with E-state index in [-0.39, 0.29) is 6.03 Å². The van der Waals surface area contributed by atoms with Crippen LogP contribution in [0.5, 0.6) is 0 Å². The van der Waals surface area contributed by atoms with Crippen LogP contribution in [0.15, 0.2) is 11.6 Å². The Morgan fingerprint density at radius 3 is 3.22 bits per heavy atom. The van der Waals surface area contributed by atoms with Crippen LogP contribution in [0.1, 0.15) is 19.3 Å². The number of hydrogen-bond donors (Lipinski definition) is 1. The van der Waals surface area contributed by atoms with E-state index in [0.29, 0.717) is 0 Å². The van der Waals surface area contributed by atoms with E-state index in [1.807, 2.05) is 16.7 Å². The van der Waals surface area contributed by atoms with Crippen LogP contribution >= 0.6 is 11.8 Å². The van der Waals surface area contributed by atoms with Crippen molar-refractivity contribution in [2.45, 2.75) is 19.3 Å². The Morgan fingerprint density at radius 1 is 1.44 bits per heavy atom. The third kappa shape index (κ3) is 4.53. The van der Waals surface area contributed by atoms with Gasteiger partial charge in [-0.15, -0.1) is 0 Å². The Bertz CT molecular complexity index is 299. The highest BCUT2D eigenvalue weighted by Crippen LogP contribution is 2.12. The van der Waals surface area contributed by atoms with Gasteiger partial charge in [0.05, 0.1) is 13.2 Å². The molecule has 1 saturated heterocycles. The van der Waals surface area contributed by atoms with Crippen molar-refractivity contribution in [3.05, 3.63) is 11.6 Å². The molecule has 0 radical (unpaired) electrons. The molecule has 0 aromatic carbocycles. The molecular formula is C13H22N2O2S. The summed E-state index contributed by atoms with van der Waals surface area (Å²) in [6, 6.07) is 0.102. The minimum atomic E-state index is 0.102. The molecule has 4 nitrogen and oxygen atoms in total. The molecule has 2 amide bonds. The zero-order valence-electron chi connectivity index (χ0n) is 10.8. The van der Waals surface area contributed by atoms with Crippen LogP contribution in [-0.4, -0.2) is 55.3 Å². The highest BCUT2D eigenvalue weighted by atomic mass is 32.2. The smallest absolute Gasteiger partial charge is 0.317 e. The van der Waals surface area contributed by atoms with Gasteiger partial charge in [0, 0.05) is 25.4 Å². The summed E-state index contributed by atoms with van der Waals surface area (Å²) >= 11 is 1.94. The Morgan fingerprint density at radius 2 is 2.39 bits per heavy atom. The summed E-state index contributed by atoms with van der Waals surface area (Å²) in [6.45, 7) is 4.08. The number of rotatable bonds is 3. The number of thioether (sulfide) groups is 1. The summed E-state index contributed by atoms with van der Waals surface area (Å²) in [4.78, 5) is 13.9. The molecule has 2 heterocycles. The van der Waals surface area contributed by atoms with Gasteiger partial charge in [-0.1, -0.05) is 11.6 Å². The minimum Gasteiger partial charge on any atom is -0.377 e. The first-order chi connectivity index (χ1) is 8.86. The second-order valence-electron chi connectivity index (χ2n) is 4.62. The van der Waals surface area contributed by atoms with E-state index in [0.717, 1.165) is 57.9 Å². The molecule has 102 valence electrons. The van der Waals surface area contributed by atoms with Crippen molar-refractivity contribution in [1.82, 2.24) is 10.2 Å². The van der Waals surface area contributed by atoms with E-state index in [9.17, 15) is 4.79 Å². The molecule has 5 heteroatoms. The summed E-state index contributed by atoms with van der Waals surface area (Å²) in [5.74, 6) is 2.24. The number of hydrogen-bond acceptors (Lipinski definition) is 3. The van der Waals surface area contributed by atoms with E-state index >= 15 is 0 Å². The van der Waals surface area contributed by atoms with Gasteiger partial charge in [0.1, 0.15) is 0 Å². The molecular weight excluding hydrogens is 248 g/mol. The standard InChI is InChI=1S/C13H22N2O2S/c16-13(15-6-1-10-18-11-7-15)14-5-2-12-3-8-17-9-4-12/h3H,1-2,4-11H2,(H,14,16). The molecule has 0 aromatic rings. The average Bonchev–Trinajstić information content (AvgIpc) is 2.69. The molecule has 0 aromatic heterocycles. The summed E-state index contributed by atoms with van der Waals surface area (Å²) in [7, 11) is 0. The molecule has 0 spiro atoms. The SMILES string of the molecule is O=C(NCCC1=CCOCC1)N1CCCSCC1. The zero-order valence-corrected chi connectivity index (χ0v) is 11.6. The van der Waals surface area contributed by atoms with Crippen molar-refractivity contribution < 1.29 is 9.53 Å². The maximum Gasteiger partial charge on any atom is 0.317 e. The van der Waals surface area contributed by atoms with Gasteiger partial charge in [-0.3, -0.25) is 0 Å². The molecule has 2 aliphatic heterocycles. The number of ether oxygens (including phenoxy) is 1. The Hall–Kier alpha value is -0.680. The molecule has 0 saturated carbocycles.